The molecule has 1 aliphatic heterocycles. The van der Waals surface area contributed by atoms with E-state index in [-0.39, 0.29) is 28.7 Å². The molecule has 0 aliphatic carbocycles. The largest absolute Gasteiger partial charge is 0.381 e. The van der Waals surface area contributed by atoms with Gasteiger partial charge in [0, 0.05) is 45.3 Å². The zero-order valence-electron chi connectivity index (χ0n) is 22.1. The highest BCUT2D eigenvalue weighted by atomic mass is 32.2. The molecule has 1 aromatic carbocycles. The third kappa shape index (κ3) is 6.43. The molecule has 196 valence electrons. The van der Waals surface area contributed by atoms with Gasteiger partial charge in [0.2, 0.25) is 15.9 Å². The Morgan fingerprint density at radius 2 is 1.94 bits per heavy atom. The minimum atomic E-state index is -3.77. The summed E-state index contributed by atoms with van der Waals surface area (Å²) in [4.78, 5) is 17.6. The molecular formula is C26H42N4O4S. The smallest absolute Gasteiger partial charge is 0.242 e. The fourth-order valence-electron chi connectivity index (χ4n) is 4.78. The van der Waals surface area contributed by atoms with E-state index in [1.807, 2.05) is 19.9 Å². The van der Waals surface area contributed by atoms with Crippen molar-refractivity contribution < 1.29 is 17.9 Å². The summed E-state index contributed by atoms with van der Waals surface area (Å²) in [6.07, 6.45) is 3.48. The summed E-state index contributed by atoms with van der Waals surface area (Å²) in [5.74, 6) is 0.992. The summed E-state index contributed by atoms with van der Waals surface area (Å²) in [6.45, 7) is 13.4. The van der Waals surface area contributed by atoms with Crippen LogP contribution in [0.1, 0.15) is 66.1 Å². The molecule has 1 fully saturated rings. The van der Waals surface area contributed by atoms with Gasteiger partial charge in [-0.05, 0) is 50.3 Å². The second kappa shape index (κ2) is 11.4. The SMILES string of the molecule is CCCC(CN(C)S(=O)(=O)c1ccc2c(c1)nc(C(C)(C)C)n2CC1CCOCC1)C(=O)NCC. The average molecular weight is 507 g/mol. The van der Waals surface area contributed by atoms with Gasteiger partial charge in [0.1, 0.15) is 5.82 Å². The maximum atomic E-state index is 13.4. The van der Waals surface area contributed by atoms with Crippen LogP contribution in [0.5, 0.6) is 0 Å². The molecule has 2 heterocycles. The van der Waals surface area contributed by atoms with Gasteiger partial charge in [0.15, 0.2) is 0 Å². The summed E-state index contributed by atoms with van der Waals surface area (Å²) >= 11 is 0. The lowest BCUT2D eigenvalue weighted by Gasteiger charge is -2.26. The molecular weight excluding hydrogens is 464 g/mol. The average Bonchev–Trinajstić information content (AvgIpc) is 3.17. The van der Waals surface area contributed by atoms with Crippen molar-refractivity contribution in [3.63, 3.8) is 0 Å². The molecule has 1 N–H and O–H groups in total. The van der Waals surface area contributed by atoms with Gasteiger partial charge in [-0.3, -0.25) is 4.79 Å². The van der Waals surface area contributed by atoms with Crippen molar-refractivity contribution in [2.45, 2.75) is 77.2 Å². The van der Waals surface area contributed by atoms with Crippen LogP contribution in [-0.2, 0) is 31.5 Å². The van der Waals surface area contributed by atoms with E-state index in [0.717, 1.165) is 50.4 Å². The summed E-state index contributed by atoms with van der Waals surface area (Å²) in [5, 5.41) is 2.83. The molecule has 1 unspecified atom stereocenters. The summed E-state index contributed by atoms with van der Waals surface area (Å²) in [5.41, 5.74) is 1.46. The molecule has 9 heteroatoms. The Bertz CT molecular complexity index is 1110. The monoisotopic (exact) mass is 506 g/mol. The Hall–Kier alpha value is -1.97. The van der Waals surface area contributed by atoms with Crippen LogP contribution < -0.4 is 5.32 Å². The van der Waals surface area contributed by atoms with Crippen molar-refractivity contribution in [3.05, 3.63) is 24.0 Å². The molecule has 2 aromatic rings. The number of ether oxygens (including phenoxy) is 1. The van der Waals surface area contributed by atoms with E-state index in [2.05, 4.69) is 30.7 Å². The van der Waals surface area contributed by atoms with Crippen LogP contribution in [0, 0.1) is 11.8 Å². The van der Waals surface area contributed by atoms with Crippen LogP contribution in [0.3, 0.4) is 0 Å². The predicted octanol–water partition coefficient (Wildman–Crippen LogP) is 3.93. The van der Waals surface area contributed by atoms with E-state index in [9.17, 15) is 13.2 Å². The van der Waals surface area contributed by atoms with E-state index in [0.29, 0.717) is 24.4 Å². The van der Waals surface area contributed by atoms with Gasteiger partial charge in [0.25, 0.3) is 0 Å². The number of carbonyl (C=O) groups is 1. The molecule has 0 radical (unpaired) electrons. The predicted molar refractivity (Wildman–Crippen MR) is 139 cm³/mol. The van der Waals surface area contributed by atoms with Gasteiger partial charge in [-0.2, -0.15) is 0 Å². The van der Waals surface area contributed by atoms with Crippen LogP contribution in [0.2, 0.25) is 0 Å². The Labute approximate surface area is 210 Å². The number of hydrogen-bond donors (Lipinski definition) is 1. The maximum absolute atomic E-state index is 13.4. The fourth-order valence-corrected chi connectivity index (χ4v) is 6.01. The quantitative estimate of drug-likeness (QED) is 0.527. The molecule has 0 bridgehead atoms. The molecule has 1 aromatic heterocycles. The zero-order valence-corrected chi connectivity index (χ0v) is 23.0. The first-order valence-electron chi connectivity index (χ1n) is 12.8. The second-order valence-corrected chi connectivity index (χ2v) is 12.7. The van der Waals surface area contributed by atoms with Crippen LogP contribution >= 0.6 is 0 Å². The molecule has 3 rings (SSSR count). The number of sulfonamides is 1. The molecule has 1 aliphatic rings. The number of carbonyl (C=O) groups excluding carboxylic acids is 1. The number of rotatable bonds is 10. The van der Waals surface area contributed by atoms with Gasteiger partial charge in [0.05, 0.1) is 21.8 Å². The van der Waals surface area contributed by atoms with Crippen LogP contribution in [0.15, 0.2) is 23.1 Å². The highest BCUT2D eigenvalue weighted by Gasteiger charge is 2.29. The number of nitrogens with zero attached hydrogens (tertiary/aromatic N) is 3. The van der Waals surface area contributed by atoms with Gasteiger partial charge >= 0.3 is 0 Å². The first-order valence-corrected chi connectivity index (χ1v) is 14.3. The maximum Gasteiger partial charge on any atom is 0.242 e. The van der Waals surface area contributed by atoms with Gasteiger partial charge < -0.3 is 14.6 Å². The Morgan fingerprint density at radius 3 is 2.54 bits per heavy atom. The third-order valence-electron chi connectivity index (χ3n) is 6.72. The summed E-state index contributed by atoms with van der Waals surface area (Å²) in [6, 6.07) is 5.23. The van der Waals surface area contributed by atoms with Crippen LogP contribution in [-0.4, -0.2) is 61.5 Å². The van der Waals surface area contributed by atoms with Crippen LogP contribution in [0.4, 0.5) is 0 Å². The number of imidazole rings is 1. The summed E-state index contributed by atoms with van der Waals surface area (Å²) < 4.78 is 36.0. The molecule has 1 amide bonds. The van der Waals surface area contributed by atoms with E-state index in [1.54, 1.807) is 19.2 Å². The van der Waals surface area contributed by atoms with Crippen molar-refractivity contribution in [1.82, 2.24) is 19.2 Å². The second-order valence-electron chi connectivity index (χ2n) is 10.7. The van der Waals surface area contributed by atoms with Crippen molar-refractivity contribution in [2.24, 2.45) is 11.8 Å². The number of aromatic nitrogens is 2. The van der Waals surface area contributed by atoms with Crippen molar-refractivity contribution in [2.75, 3.05) is 33.4 Å². The Balaban J connectivity index is 1.93. The number of amides is 1. The highest BCUT2D eigenvalue weighted by molar-refractivity contribution is 7.89. The van der Waals surface area contributed by atoms with Gasteiger partial charge in [-0.25, -0.2) is 17.7 Å². The van der Waals surface area contributed by atoms with E-state index in [1.165, 1.54) is 4.31 Å². The zero-order chi connectivity index (χ0) is 25.8. The highest BCUT2D eigenvalue weighted by Crippen LogP contribution is 2.31. The first kappa shape index (κ1) is 27.6. The Kier molecular flexibility index (Phi) is 8.99. The van der Waals surface area contributed by atoms with Gasteiger partial charge in [-0.15, -0.1) is 0 Å². The lowest BCUT2D eigenvalue weighted by atomic mass is 9.94. The minimum Gasteiger partial charge on any atom is -0.381 e. The molecule has 1 saturated heterocycles. The van der Waals surface area contributed by atoms with Crippen molar-refractivity contribution >= 4 is 27.0 Å². The molecule has 0 saturated carbocycles. The Morgan fingerprint density at radius 1 is 1.26 bits per heavy atom. The van der Waals surface area contributed by atoms with Crippen LogP contribution in [0.25, 0.3) is 11.0 Å². The van der Waals surface area contributed by atoms with E-state index in [4.69, 9.17) is 9.72 Å². The number of hydrogen-bond acceptors (Lipinski definition) is 5. The number of benzene rings is 1. The molecule has 8 nitrogen and oxygen atoms in total. The lowest BCUT2D eigenvalue weighted by Crippen LogP contribution is -2.39. The van der Waals surface area contributed by atoms with Crippen molar-refractivity contribution in [1.29, 1.82) is 0 Å². The summed E-state index contributed by atoms with van der Waals surface area (Å²) in [7, 11) is -2.22. The fraction of sp³-hybridized carbons (Fsp3) is 0.692. The third-order valence-corrected chi connectivity index (χ3v) is 8.54. The van der Waals surface area contributed by atoms with E-state index < -0.39 is 10.0 Å². The lowest BCUT2D eigenvalue weighted by molar-refractivity contribution is -0.125. The molecule has 0 spiro atoms. The van der Waals surface area contributed by atoms with Crippen molar-refractivity contribution in [3.8, 4) is 0 Å². The normalized spacial score (nSPS) is 16.7. The van der Waals surface area contributed by atoms with Gasteiger partial charge in [-0.1, -0.05) is 34.1 Å². The topological polar surface area (TPSA) is 93.5 Å². The molecule has 1 atom stereocenters. The first-order chi connectivity index (χ1) is 16.5. The number of fused-ring (bicyclic) bond motifs is 1. The number of nitrogens with one attached hydrogen (secondary N) is 1. The van der Waals surface area contributed by atoms with E-state index >= 15 is 0 Å². The standard InChI is InChI=1S/C26H42N4O4S/c1-7-9-20(24(31)27-8-2)18-29(6)35(32,33)21-10-11-23-22(16-21)28-25(26(3,4)5)30(23)17-19-12-14-34-15-13-19/h10-11,16,19-20H,7-9,12-15,17-18H2,1-6H3,(H,27,31). The minimum absolute atomic E-state index is 0.103. The molecule has 35 heavy (non-hydrogen) atoms.